The van der Waals surface area contributed by atoms with Crippen molar-refractivity contribution in [3.8, 4) is 28.4 Å². The average Bonchev–Trinajstić information content (AvgIpc) is 3.31. The molecule has 2 aromatic carbocycles. The lowest BCUT2D eigenvalue weighted by atomic mass is 10.1. The van der Waals surface area contributed by atoms with Gasteiger partial charge < -0.3 is 9.84 Å². The van der Waals surface area contributed by atoms with Crippen LogP contribution in [0, 0.1) is 0 Å². The molecular weight excluding hydrogens is 366 g/mol. The van der Waals surface area contributed by atoms with Crippen LogP contribution in [0.4, 0.5) is 0 Å². The molecule has 0 radical (unpaired) electrons. The largest absolute Gasteiger partial charge is 0.508 e. The summed E-state index contributed by atoms with van der Waals surface area (Å²) in [6.45, 7) is 0. The minimum absolute atomic E-state index is 0.0470. The highest BCUT2D eigenvalue weighted by atomic mass is 16.5. The number of ketones is 1. The lowest BCUT2D eigenvalue weighted by Gasteiger charge is -2.00. The van der Waals surface area contributed by atoms with E-state index in [1.807, 2.05) is 48.7 Å². The van der Waals surface area contributed by atoms with Gasteiger partial charge in [-0.1, -0.05) is 18.2 Å². The third-order valence-corrected chi connectivity index (χ3v) is 4.64. The van der Waals surface area contributed by atoms with Crippen molar-refractivity contribution >= 4 is 11.9 Å². The van der Waals surface area contributed by atoms with E-state index in [1.54, 1.807) is 29.2 Å². The normalized spacial score (nSPS) is 14.1. The summed E-state index contributed by atoms with van der Waals surface area (Å²) in [4.78, 5) is 16.9. The van der Waals surface area contributed by atoms with Crippen molar-refractivity contribution in [3.63, 3.8) is 0 Å². The van der Waals surface area contributed by atoms with Gasteiger partial charge in [0, 0.05) is 35.8 Å². The van der Waals surface area contributed by atoms with E-state index in [4.69, 9.17) is 9.84 Å². The molecule has 6 heteroatoms. The molecule has 0 bridgehead atoms. The predicted octanol–water partition coefficient (Wildman–Crippen LogP) is 4.26. The van der Waals surface area contributed by atoms with Crippen LogP contribution in [-0.2, 0) is 0 Å². The number of fused-ring (bicyclic) bond motifs is 1. The monoisotopic (exact) mass is 381 g/mol. The molecule has 0 saturated carbocycles. The summed E-state index contributed by atoms with van der Waals surface area (Å²) in [5.74, 6) is 0.346. The molecule has 0 saturated heterocycles. The number of allylic oxidation sites excluding steroid dienone is 1. The molecule has 140 valence electrons. The number of Topliss-reactive ketones (excluding diaryl/α,β-unsaturated/α-hetero) is 1. The Morgan fingerprint density at radius 3 is 2.69 bits per heavy atom. The Morgan fingerprint density at radius 1 is 1.03 bits per heavy atom. The van der Waals surface area contributed by atoms with Crippen molar-refractivity contribution in [2.24, 2.45) is 0 Å². The van der Waals surface area contributed by atoms with Gasteiger partial charge in [0.25, 0.3) is 0 Å². The average molecular weight is 381 g/mol. The van der Waals surface area contributed by atoms with E-state index in [2.05, 4.69) is 4.98 Å². The second kappa shape index (κ2) is 6.76. The fourth-order valence-corrected chi connectivity index (χ4v) is 3.25. The molecule has 2 aromatic heterocycles. The van der Waals surface area contributed by atoms with Crippen molar-refractivity contribution in [2.45, 2.75) is 0 Å². The van der Waals surface area contributed by atoms with Crippen molar-refractivity contribution in [3.05, 3.63) is 96.1 Å². The molecule has 3 heterocycles. The molecule has 29 heavy (non-hydrogen) atoms. The summed E-state index contributed by atoms with van der Waals surface area (Å²) in [6, 6.07) is 17.9. The molecule has 4 aromatic rings. The third kappa shape index (κ3) is 3.06. The third-order valence-electron chi connectivity index (χ3n) is 4.64. The second-order valence-electron chi connectivity index (χ2n) is 6.58. The number of aromatic hydroxyl groups is 1. The Bertz CT molecular complexity index is 1250. The first kappa shape index (κ1) is 16.9. The Balaban J connectivity index is 1.62. The summed E-state index contributed by atoms with van der Waals surface area (Å²) in [7, 11) is 0. The van der Waals surface area contributed by atoms with Crippen LogP contribution >= 0.6 is 0 Å². The maximum atomic E-state index is 12.7. The molecule has 0 spiro atoms. The van der Waals surface area contributed by atoms with Gasteiger partial charge in [-0.3, -0.25) is 9.78 Å². The number of ether oxygens (including phenoxy) is 1. The number of rotatable bonds is 3. The van der Waals surface area contributed by atoms with Crippen molar-refractivity contribution < 1.29 is 14.6 Å². The number of hydrogen-bond donors (Lipinski definition) is 1. The number of nitrogens with zero attached hydrogens (tertiary/aromatic N) is 3. The Kier molecular flexibility index (Phi) is 3.95. The SMILES string of the molecule is O=C1C(=Cc2cn(-c3ccccc3)nc2-c2cccnc2)Oc2cc(O)ccc21. The zero-order valence-corrected chi connectivity index (χ0v) is 15.2. The minimum Gasteiger partial charge on any atom is -0.508 e. The van der Waals surface area contributed by atoms with Gasteiger partial charge in [-0.25, -0.2) is 4.68 Å². The highest BCUT2D eigenvalue weighted by Crippen LogP contribution is 2.35. The van der Waals surface area contributed by atoms with Crippen molar-refractivity contribution in [2.75, 3.05) is 0 Å². The molecule has 1 aliphatic heterocycles. The Morgan fingerprint density at radius 2 is 1.90 bits per heavy atom. The van der Waals surface area contributed by atoms with E-state index < -0.39 is 0 Å². The van der Waals surface area contributed by atoms with Gasteiger partial charge >= 0.3 is 0 Å². The maximum absolute atomic E-state index is 12.7. The Labute approximate surface area is 166 Å². The Hall–Kier alpha value is -4.19. The van der Waals surface area contributed by atoms with E-state index in [1.165, 1.54) is 12.1 Å². The standard InChI is InChI=1S/C23H15N3O3/c27-18-8-9-19-20(12-18)29-21(23(19)28)11-16-14-26(17-6-2-1-3-7-17)25-22(16)15-5-4-10-24-13-15/h1-14,27H. The minimum atomic E-state index is -0.232. The summed E-state index contributed by atoms with van der Waals surface area (Å²) in [6.07, 6.45) is 6.95. The maximum Gasteiger partial charge on any atom is 0.231 e. The molecular formula is C23H15N3O3. The molecule has 0 fully saturated rings. The number of para-hydroxylation sites is 1. The van der Waals surface area contributed by atoms with Gasteiger partial charge in [-0.2, -0.15) is 5.10 Å². The first-order chi connectivity index (χ1) is 14.2. The highest BCUT2D eigenvalue weighted by Gasteiger charge is 2.28. The fraction of sp³-hybridized carbons (Fsp3) is 0. The molecule has 0 aliphatic carbocycles. The summed E-state index contributed by atoms with van der Waals surface area (Å²) in [5.41, 5.74) is 3.56. The van der Waals surface area contributed by atoms with Crippen LogP contribution < -0.4 is 4.74 Å². The van der Waals surface area contributed by atoms with E-state index in [0.717, 1.165) is 16.8 Å². The number of pyridine rings is 1. The van der Waals surface area contributed by atoms with E-state index in [-0.39, 0.29) is 17.3 Å². The van der Waals surface area contributed by atoms with E-state index in [0.29, 0.717) is 17.0 Å². The number of aromatic nitrogens is 3. The topological polar surface area (TPSA) is 77.2 Å². The number of benzene rings is 2. The van der Waals surface area contributed by atoms with E-state index >= 15 is 0 Å². The molecule has 5 rings (SSSR count). The van der Waals surface area contributed by atoms with Crippen molar-refractivity contribution in [1.29, 1.82) is 0 Å². The second-order valence-corrected chi connectivity index (χ2v) is 6.58. The van der Waals surface area contributed by atoms with Crippen LogP contribution in [0.3, 0.4) is 0 Å². The van der Waals surface area contributed by atoms with Gasteiger partial charge in [0.1, 0.15) is 17.2 Å². The molecule has 0 amide bonds. The number of hydrogen-bond acceptors (Lipinski definition) is 5. The van der Waals surface area contributed by atoms with Gasteiger partial charge in [0.2, 0.25) is 5.78 Å². The van der Waals surface area contributed by atoms with Gasteiger partial charge in [0.05, 0.1) is 11.3 Å². The molecule has 1 aliphatic rings. The predicted molar refractivity (Wildman–Crippen MR) is 108 cm³/mol. The van der Waals surface area contributed by atoms with Crippen molar-refractivity contribution in [1.82, 2.24) is 14.8 Å². The molecule has 0 unspecified atom stereocenters. The van der Waals surface area contributed by atoms with Crippen LogP contribution in [0.15, 0.2) is 85.0 Å². The smallest absolute Gasteiger partial charge is 0.231 e. The molecule has 6 nitrogen and oxygen atoms in total. The zero-order valence-electron chi connectivity index (χ0n) is 15.2. The number of carbonyl (C=O) groups is 1. The number of phenols is 1. The van der Waals surface area contributed by atoms with Crippen LogP contribution in [0.25, 0.3) is 23.0 Å². The van der Waals surface area contributed by atoms with Crippen LogP contribution in [0.5, 0.6) is 11.5 Å². The van der Waals surface area contributed by atoms with Gasteiger partial charge in [-0.05, 0) is 42.5 Å². The zero-order chi connectivity index (χ0) is 19.8. The summed E-state index contributed by atoms with van der Waals surface area (Å²) < 4.78 is 7.47. The summed E-state index contributed by atoms with van der Waals surface area (Å²) >= 11 is 0. The van der Waals surface area contributed by atoms with Gasteiger partial charge in [-0.15, -0.1) is 0 Å². The van der Waals surface area contributed by atoms with Crippen LogP contribution in [0.2, 0.25) is 0 Å². The first-order valence-corrected chi connectivity index (χ1v) is 9.02. The highest BCUT2D eigenvalue weighted by molar-refractivity contribution is 6.14. The number of phenolic OH excluding ortho intramolecular Hbond substituents is 1. The molecule has 0 atom stereocenters. The molecule has 1 N–H and O–H groups in total. The van der Waals surface area contributed by atoms with Gasteiger partial charge in [0.15, 0.2) is 5.76 Å². The lowest BCUT2D eigenvalue weighted by molar-refractivity contribution is 0.101. The lowest BCUT2D eigenvalue weighted by Crippen LogP contribution is -1.98. The quantitative estimate of drug-likeness (QED) is 0.537. The van der Waals surface area contributed by atoms with Crippen LogP contribution in [-0.4, -0.2) is 25.7 Å². The first-order valence-electron chi connectivity index (χ1n) is 9.02. The summed E-state index contributed by atoms with van der Waals surface area (Å²) in [5, 5.41) is 14.4. The number of carbonyl (C=O) groups excluding carboxylic acids is 1. The van der Waals surface area contributed by atoms with Crippen LogP contribution in [0.1, 0.15) is 15.9 Å². The fourth-order valence-electron chi connectivity index (χ4n) is 3.25. The van der Waals surface area contributed by atoms with E-state index in [9.17, 15) is 9.90 Å².